The molecule has 0 aromatic carbocycles. The van der Waals surface area contributed by atoms with Crippen LogP contribution in [0.4, 0.5) is 0 Å². The van der Waals surface area contributed by atoms with Gasteiger partial charge in [-0.05, 0) is 35.6 Å². The summed E-state index contributed by atoms with van der Waals surface area (Å²) in [6.45, 7) is 3.78. The van der Waals surface area contributed by atoms with E-state index in [1.54, 1.807) is 0 Å². The molecule has 0 spiro atoms. The first-order chi connectivity index (χ1) is 6.78. The van der Waals surface area contributed by atoms with Crippen LogP contribution in [0.25, 0.3) is 0 Å². The molecule has 4 nitrogen and oxygen atoms in total. The molecule has 74 valence electrons. The second kappa shape index (κ2) is 4.12. The van der Waals surface area contributed by atoms with Crippen molar-refractivity contribution < 1.29 is 0 Å². The number of aryl methyl sites for hydroxylation is 1. The highest BCUT2D eigenvalue weighted by Gasteiger charge is 1.99. The van der Waals surface area contributed by atoms with Crippen LogP contribution in [0, 0.1) is 3.70 Å². The second-order valence-corrected chi connectivity index (χ2v) is 4.15. The van der Waals surface area contributed by atoms with Crippen molar-refractivity contribution in [3.8, 4) is 0 Å². The lowest BCUT2D eigenvalue weighted by Gasteiger charge is -1.96. The lowest BCUT2D eigenvalue weighted by Crippen LogP contribution is -1.99. The molecule has 2 heterocycles. The van der Waals surface area contributed by atoms with Gasteiger partial charge in [-0.3, -0.25) is 9.36 Å². The summed E-state index contributed by atoms with van der Waals surface area (Å²) in [7, 11) is 0. The van der Waals surface area contributed by atoms with Crippen molar-refractivity contribution in [3.05, 3.63) is 33.9 Å². The van der Waals surface area contributed by atoms with Crippen molar-refractivity contribution in [3.63, 3.8) is 0 Å². The molecule has 0 saturated carbocycles. The molecule has 0 atom stereocenters. The Bertz CT molecular complexity index is 418. The first-order valence-electron chi connectivity index (χ1n) is 4.48. The summed E-state index contributed by atoms with van der Waals surface area (Å²) in [5.74, 6) is 0. The fourth-order valence-electron chi connectivity index (χ4n) is 1.27. The molecule has 2 aromatic heterocycles. The molecule has 2 aromatic rings. The molecule has 0 aliphatic heterocycles. The highest BCUT2D eigenvalue weighted by atomic mass is 127. The van der Waals surface area contributed by atoms with E-state index >= 15 is 0 Å². The van der Waals surface area contributed by atoms with Crippen LogP contribution >= 0.6 is 22.6 Å². The number of aromatic nitrogens is 4. The smallest absolute Gasteiger partial charge is 0.123 e. The predicted molar refractivity (Wildman–Crippen MR) is 61.9 cm³/mol. The van der Waals surface area contributed by atoms with Gasteiger partial charge >= 0.3 is 0 Å². The maximum absolute atomic E-state index is 4.31. The Hall–Kier alpha value is -0.850. The Labute approximate surface area is 96.1 Å². The van der Waals surface area contributed by atoms with Crippen LogP contribution in [-0.2, 0) is 13.1 Å². The van der Waals surface area contributed by atoms with E-state index in [9.17, 15) is 0 Å². The van der Waals surface area contributed by atoms with Gasteiger partial charge in [0.05, 0.1) is 12.7 Å². The topological polar surface area (TPSA) is 35.6 Å². The number of rotatable bonds is 3. The third-order valence-electron chi connectivity index (χ3n) is 1.96. The summed E-state index contributed by atoms with van der Waals surface area (Å²) >= 11 is 2.20. The summed E-state index contributed by atoms with van der Waals surface area (Å²) in [4.78, 5) is 0. The average Bonchev–Trinajstić information content (AvgIpc) is 2.76. The minimum absolute atomic E-state index is 0.795. The maximum Gasteiger partial charge on any atom is 0.123 e. The normalized spacial score (nSPS) is 10.7. The van der Waals surface area contributed by atoms with Gasteiger partial charge < -0.3 is 0 Å². The van der Waals surface area contributed by atoms with E-state index in [2.05, 4.69) is 45.9 Å². The highest BCUT2D eigenvalue weighted by Crippen LogP contribution is 2.04. The van der Waals surface area contributed by atoms with Gasteiger partial charge in [-0.2, -0.15) is 10.2 Å². The zero-order valence-electron chi connectivity index (χ0n) is 7.89. The Kier molecular flexibility index (Phi) is 2.85. The molecule has 0 aliphatic rings. The molecular weight excluding hydrogens is 291 g/mol. The van der Waals surface area contributed by atoms with Crippen molar-refractivity contribution in [1.29, 1.82) is 0 Å². The fourth-order valence-corrected chi connectivity index (χ4v) is 1.71. The van der Waals surface area contributed by atoms with Crippen LogP contribution in [0.15, 0.2) is 24.7 Å². The molecule has 0 aliphatic carbocycles. The minimum Gasteiger partial charge on any atom is -0.273 e. The first-order valence-corrected chi connectivity index (χ1v) is 5.56. The molecular formula is C9H11IN4. The highest BCUT2D eigenvalue weighted by molar-refractivity contribution is 14.1. The van der Waals surface area contributed by atoms with Gasteiger partial charge in [-0.1, -0.05) is 0 Å². The third kappa shape index (κ3) is 2.14. The molecule has 0 bridgehead atoms. The molecule has 0 radical (unpaired) electrons. The summed E-state index contributed by atoms with van der Waals surface area (Å²) in [5.41, 5.74) is 1.19. The van der Waals surface area contributed by atoms with Crippen molar-refractivity contribution >= 4 is 22.6 Å². The molecule has 2 rings (SSSR count). The van der Waals surface area contributed by atoms with E-state index in [1.165, 1.54) is 5.56 Å². The number of hydrogen-bond acceptors (Lipinski definition) is 2. The lowest BCUT2D eigenvalue weighted by atomic mass is 10.4. The Morgan fingerprint density at radius 1 is 1.43 bits per heavy atom. The molecule has 14 heavy (non-hydrogen) atoms. The van der Waals surface area contributed by atoms with Crippen molar-refractivity contribution in [1.82, 2.24) is 19.6 Å². The second-order valence-electron chi connectivity index (χ2n) is 3.04. The maximum atomic E-state index is 4.31. The molecule has 0 fully saturated rings. The molecule has 5 heteroatoms. The van der Waals surface area contributed by atoms with E-state index in [1.807, 2.05) is 27.8 Å². The van der Waals surface area contributed by atoms with Crippen LogP contribution in [0.5, 0.6) is 0 Å². The molecule has 0 N–H and O–H groups in total. The van der Waals surface area contributed by atoms with E-state index in [0.29, 0.717) is 0 Å². The quantitative estimate of drug-likeness (QED) is 0.810. The minimum atomic E-state index is 0.795. The Morgan fingerprint density at radius 2 is 2.29 bits per heavy atom. The van der Waals surface area contributed by atoms with E-state index < -0.39 is 0 Å². The largest absolute Gasteiger partial charge is 0.273 e. The Morgan fingerprint density at radius 3 is 2.86 bits per heavy atom. The van der Waals surface area contributed by atoms with Crippen LogP contribution in [0.2, 0.25) is 0 Å². The average molecular weight is 302 g/mol. The third-order valence-corrected chi connectivity index (χ3v) is 2.54. The monoisotopic (exact) mass is 302 g/mol. The summed E-state index contributed by atoms with van der Waals surface area (Å²) in [5, 5.41) is 8.52. The van der Waals surface area contributed by atoms with Gasteiger partial charge in [0.25, 0.3) is 0 Å². The lowest BCUT2D eigenvalue weighted by molar-refractivity contribution is 0.654. The predicted octanol–water partition coefficient (Wildman–Crippen LogP) is 1.75. The van der Waals surface area contributed by atoms with E-state index in [4.69, 9.17) is 0 Å². The van der Waals surface area contributed by atoms with Gasteiger partial charge in [0.1, 0.15) is 3.70 Å². The molecule has 0 saturated heterocycles. The van der Waals surface area contributed by atoms with Gasteiger partial charge in [-0.25, -0.2) is 0 Å². The van der Waals surface area contributed by atoms with Crippen molar-refractivity contribution in [2.45, 2.75) is 20.0 Å². The fraction of sp³-hybridized carbons (Fsp3) is 0.333. The SMILES string of the molecule is CCn1cc(Cn2ccc(I)n2)cn1. The van der Waals surface area contributed by atoms with Gasteiger partial charge in [0.2, 0.25) is 0 Å². The molecule has 0 unspecified atom stereocenters. The van der Waals surface area contributed by atoms with Gasteiger partial charge in [0, 0.05) is 24.5 Å². The number of nitrogens with zero attached hydrogens (tertiary/aromatic N) is 4. The van der Waals surface area contributed by atoms with Crippen LogP contribution in [0.1, 0.15) is 12.5 Å². The zero-order chi connectivity index (χ0) is 9.97. The Balaban J connectivity index is 2.10. The standard InChI is InChI=1S/C9H11IN4/c1-2-13-6-8(5-11-13)7-14-4-3-9(10)12-14/h3-6H,2,7H2,1H3. The van der Waals surface area contributed by atoms with Crippen LogP contribution in [-0.4, -0.2) is 19.6 Å². The van der Waals surface area contributed by atoms with E-state index in [-0.39, 0.29) is 0 Å². The summed E-state index contributed by atoms with van der Waals surface area (Å²) in [6, 6.07) is 1.99. The van der Waals surface area contributed by atoms with Crippen molar-refractivity contribution in [2.24, 2.45) is 0 Å². The molecule has 0 amide bonds. The van der Waals surface area contributed by atoms with E-state index in [0.717, 1.165) is 16.8 Å². The zero-order valence-corrected chi connectivity index (χ0v) is 10.0. The number of halogens is 1. The summed E-state index contributed by atoms with van der Waals surface area (Å²) < 4.78 is 4.85. The number of hydrogen-bond donors (Lipinski definition) is 0. The summed E-state index contributed by atoms with van der Waals surface area (Å²) in [6.07, 6.45) is 5.91. The van der Waals surface area contributed by atoms with Crippen LogP contribution in [0.3, 0.4) is 0 Å². The van der Waals surface area contributed by atoms with Crippen LogP contribution < -0.4 is 0 Å². The van der Waals surface area contributed by atoms with Crippen molar-refractivity contribution in [2.75, 3.05) is 0 Å². The van der Waals surface area contributed by atoms with Gasteiger partial charge in [0.15, 0.2) is 0 Å². The first kappa shape index (κ1) is 9.70. The van der Waals surface area contributed by atoms with Gasteiger partial charge in [-0.15, -0.1) is 0 Å².